The number of nitrogens with two attached hydrogens (primary N) is 1. The molecule has 0 saturated carbocycles. The van der Waals surface area contributed by atoms with Gasteiger partial charge in [-0.25, -0.2) is 4.39 Å². The van der Waals surface area contributed by atoms with Crippen molar-refractivity contribution in [3.63, 3.8) is 0 Å². The summed E-state index contributed by atoms with van der Waals surface area (Å²) in [5, 5.41) is 0.542. The van der Waals surface area contributed by atoms with Gasteiger partial charge in [-0.1, -0.05) is 29.8 Å². The molecule has 2 N–H and O–H groups in total. The molecule has 2 nitrogen and oxygen atoms in total. The van der Waals surface area contributed by atoms with E-state index in [2.05, 4.69) is 0 Å². The van der Waals surface area contributed by atoms with E-state index < -0.39 is 5.54 Å². The van der Waals surface area contributed by atoms with Gasteiger partial charge >= 0.3 is 0 Å². The van der Waals surface area contributed by atoms with E-state index in [9.17, 15) is 4.39 Å². The van der Waals surface area contributed by atoms with E-state index >= 15 is 0 Å². The van der Waals surface area contributed by atoms with Crippen molar-refractivity contribution < 1.29 is 9.13 Å². The van der Waals surface area contributed by atoms with E-state index in [1.165, 1.54) is 12.1 Å². The molecule has 0 spiro atoms. The highest BCUT2D eigenvalue weighted by molar-refractivity contribution is 6.31. The zero-order valence-electron chi connectivity index (χ0n) is 10.9. The zero-order chi connectivity index (χ0) is 14.2. The number of ether oxygens (including phenoxy) is 1. The van der Waals surface area contributed by atoms with Gasteiger partial charge in [-0.15, -0.1) is 0 Å². The van der Waals surface area contributed by atoms with Crippen LogP contribution in [0.15, 0.2) is 42.5 Å². The molecule has 2 aromatic carbocycles. The van der Waals surface area contributed by atoms with Crippen LogP contribution in [-0.4, -0.2) is 6.61 Å². The van der Waals surface area contributed by atoms with Gasteiger partial charge in [-0.05, 0) is 36.2 Å². The fraction of sp³-hybridized carbons (Fsp3) is 0.250. The van der Waals surface area contributed by atoms with Crippen LogP contribution in [0.5, 0.6) is 5.75 Å². The standard InChI is InChI=1S/C16H15ClFNO/c17-14-6-5-12(18)9-11(14)10-16(19)7-8-20-15-4-2-1-3-13(15)16/h1-6,9H,7-8,10,19H2. The molecular weight excluding hydrogens is 277 g/mol. The first-order valence-electron chi connectivity index (χ1n) is 6.54. The minimum absolute atomic E-state index is 0.298. The maximum Gasteiger partial charge on any atom is 0.124 e. The molecule has 0 aromatic heterocycles. The first-order chi connectivity index (χ1) is 9.58. The van der Waals surface area contributed by atoms with E-state index in [0.29, 0.717) is 24.5 Å². The van der Waals surface area contributed by atoms with Crippen LogP contribution in [-0.2, 0) is 12.0 Å². The van der Waals surface area contributed by atoms with Crippen LogP contribution in [0.3, 0.4) is 0 Å². The Balaban J connectivity index is 2.00. The number of hydrogen-bond acceptors (Lipinski definition) is 2. The summed E-state index contributed by atoms with van der Waals surface area (Å²) in [4.78, 5) is 0. The summed E-state index contributed by atoms with van der Waals surface area (Å²) in [6.07, 6.45) is 1.17. The number of hydrogen-bond donors (Lipinski definition) is 1. The lowest BCUT2D eigenvalue weighted by Crippen LogP contribution is -2.43. The normalized spacial score (nSPS) is 21.1. The second-order valence-electron chi connectivity index (χ2n) is 5.16. The smallest absolute Gasteiger partial charge is 0.124 e. The van der Waals surface area contributed by atoms with E-state index in [1.807, 2.05) is 24.3 Å². The highest BCUT2D eigenvalue weighted by atomic mass is 35.5. The van der Waals surface area contributed by atoms with Crippen molar-refractivity contribution in [1.82, 2.24) is 0 Å². The lowest BCUT2D eigenvalue weighted by molar-refractivity contribution is 0.215. The third-order valence-corrected chi connectivity index (χ3v) is 4.11. The van der Waals surface area contributed by atoms with Crippen molar-refractivity contribution in [2.45, 2.75) is 18.4 Å². The van der Waals surface area contributed by atoms with E-state index in [1.54, 1.807) is 6.07 Å². The van der Waals surface area contributed by atoms with Gasteiger partial charge in [0, 0.05) is 17.0 Å². The van der Waals surface area contributed by atoms with Crippen LogP contribution in [0.25, 0.3) is 0 Å². The van der Waals surface area contributed by atoms with Crippen molar-refractivity contribution in [2.24, 2.45) is 5.73 Å². The monoisotopic (exact) mass is 291 g/mol. The van der Waals surface area contributed by atoms with Gasteiger partial charge in [0.2, 0.25) is 0 Å². The van der Waals surface area contributed by atoms with Gasteiger partial charge in [0.15, 0.2) is 0 Å². The second kappa shape index (κ2) is 5.08. The minimum atomic E-state index is -0.577. The second-order valence-corrected chi connectivity index (χ2v) is 5.57. The number of halogens is 2. The minimum Gasteiger partial charge on any atom is -0.493 e. The average Bonchev–Trinajstić information content (AvgIpc) is 2.43. The molecule has 0 aliphatic carbocycles. The summed E-state index contributed by atoms with van der Waals surface area (Å²) in [7, 11) is 0. The van der Waals surface area contributed by atoms with Crippen LogP contribution >= 0.6 is 11.6 Å². The molecule has 1 aliphatic rings. The summed E-state index contributed by atoms with van der Waals surface area (Å²) >= 11 is 6.15. The predicted octanol–water partition coefficient (Wildman–Crippen LogP) is 3.66. The quantitative estimate of drug-likeness (QED) is 0.916. The summed E-state index contributed by atoms with van der Waals surface area (Å²) in [5.41, 5.74) is 7.66. The molecule has 3 rings (SSSR count). The lowest BCUT2D eigenvalue weighted by Gasteiger charge is -2.36. The Morgan fingerprint density at radius 1 is 1.25 bits per heavy atom. The number of para-hydroxylation sites is 1. The molecule has 0 bridgehead atoms. The van der Waals surface area contributed by atoms with Crippen molar-refractivity contribution in [1.29, 1.82) is 0 Å². The van der Waals surface area contributed by atoms with Crippen LogP contribution in [0.1, 0.15) is 17.5 Å². The van der Waals surface area contributed by atoms with Crippen molar-refractivity contribution >= 4 is 11.6 Å². The van der Waals surface area contributed by atoms with Gasteiger partial charge in [0.1, 0.15) is 11.6 Å². The maximum absolute atomic E-state index is 13.4. The third kappa shape index (κ3) is 2.39. The van der Waals surface area contributed by atoms with Crippen molar-refractivity contribution in [3.8, 4) is 5.75 Å². The third-order valence-electron chi connectivity index (χ3n) is 3.74. The molecule has 0 radical (unpaired) electrons. The van der Waals surface area contributed by atoms with Gasteiger partial charge < -0.3 is 10.5 Å². The van der Waals surface area contributed by atoms with Gasteiger partial charge in [0.25, 0.3) is 0 Å². The molecule has 1 unspecified atom stereocenters. The first kappa shape index (κ1) is 13.4. The SMILES string of the molecule is NC1(Cc2cc(F)ccc2Cl)CCOc2ccccc21. The summed E-state index contributed by atoms with van der Waals surface area (Å²) in [6, 6.07) is 12.1. The highest BCUT2D eigenvalue weighted by Crippen LogP contribution is 2.38. The Morgan fingerprint density at radius 3 is 2.90 bits per heavy atom. The van der Waals surface area contributed by atoms with Gasteiger partial charge in [-0.2, -0.15) is 0 Å². The fourth-order valence-corrected chi connectivity index (χ4v) is 2.87. The molecule has 104 valence electrons. The van der Waals surface area contributed by atoms with Crippen LogP contribution in [0, 0.1) is 5.82 Å². The lowest BCUT2D eigenvalue weighted by atomic mass is 9.80. The van der Waals surface area contributed by atoms with Gasteiger partial charge in [-0.3, -0.25) is 0 Å². The molecule has 4 heteroatoms. The Labute approximate surface area is 122 Å². The molecular formula is C16H15ClFNO. The number of rotatable bonds is 2. The topological polar surface area (TPSA) is 35.2 Å². The molecule has 1 aliphatic heterocycles. The average molecular weight is 292 g/mol. The summed E-state index contributed by atoms with van der Waals surface area (Å²) < 4.78 is 19.0. The largest absolute Gasteiger partial charge is 0.493 e. The molecule has 1 atom stereocenters. The van der Waals surface area contributed by atoms with Crippen molar-refractivity contribution in [2.75, 3.05) is 6.61 Å². The number of fused-ring (bicyclic) bond motifs is 1. The Hall–Kier alpha value is -1.58. The molecule has 20 heavy (non-hydrogen) atoms. The summed E-state index contributed by atoms with van der Waals surface area (Å²) in [5.74, 6) is 0.502. The Bertz CT molecular complexity index is 646. The fourth-order valence-electron chi connectivity index (χ4n) is 2.68. The summed E-state index contributed by atoms with van der Waals surface area (Å²) in [6.45, 7) is 0.556. The molecule has 0 amide bonds. The van der Waals surface area contributed by atoms with Crippen LogP contribution in [0.2, 0.25) is 5.02 Å². The molecule has 2 aromatic rings. The number of benzene rings is 2. The van der Waals surface area contributed by atoms with Gasteiger partial charge in [0.05, 0.1) is 12.1 Å². The Morgan fingerprint density at radius 2 is 2.05 bits per heavy atom. The van der Waals surface area contributed by atoms with Crippen LogP contribution < -0.4 is 10.5 Å². The van der Waals surface area contributed by atoms with E-state index in [-0.39, 0.29) is 5.82 Å². The van der Waals surface area contributed by atoms with E-state index in [0.717, 1.165) is 16.9 Å². The Kier molecular flexibility index (Phi) is 3.40. The van der Waals surface area contributed by atoms with E-state index in [4.69, 9.17) is 22.1 Å². The highest BCUT2D eigenvalue weighted by Gasteiger charge is 2.34. The molecule has 1 heterocycles. The molecule has 0 saturated heterocycles. The zero-order valence-corrected chi connectivity index (χ0v) is 11.7. The van der Waals surface area contributed by atoms with Crippen LogP contribution in [0.4, 0.5) is 4.39 Å². The first-order valence-corrected chi connectivity index (χ1v) is 6.91. The predicted molar refractivity (Wildman–Crippen MR) is 77.5 cm³/mol. The maximum atomic E-state index is 13.4. The molecule has 0 fully saturated rings. The van der Waals surface area contributed by atoms with Crippen molar-refractivity contribution in [3.05, 3.63) is 64.4 Å².